The van der Waals surface area contributed by atoms with Crippen LogP contribution in [0.15, 0.2) is 24.3 Å². The number of rotatable bonds is 3. The maximum Gasteiger partial charge on any atom is 0.149 e. The van der Waals surface area contributed by atoms with E-state index in [9.17, 15) is 4.79 Å². The lowest BCUT2D eigenvalue weighted by Gasteiger charge is -1.82. The monoisotopic (exact) mass is 123 g/mol. The molecular formula is C7H9NO. The van der Waals surface area contributed by atoms with Gasteiger partial charge in [0.1, 0.15) is 6.29 Å². The topological polar surface area (TPSA) is 40.9 Å². The van der Waals surface area contributed by atoms with E-state index < -0.39 is 0 Å². The summed E-state index contributed by atoms with van der Waals surface area (Å²) < 4.78 is 0. The average Bonchev–Trinajstić information content (AvgIpc) is 1.83. The summed E-state index contributed by atoms with van der Waals surface area (Å²) in [6, 6.07) is 0. The second-order valence-corrected chi connectivity index (χ2v) is 1.71. The first-order valence-electron chi connectivity index (χ1n) is 2.54. The number of carbonyl (C=O) groups excluding carboxylic acids is 1. The first-order chi connectivity index (χ1) is 4.16. The van der Waals surface area contributed by atoms with Crippen molar-refractivity contribution in [1.29, 1.82) is 5.41 Å². The third-order valence-electron chi connectivity index (χ3n) is 0.699. The van der Waals surface area contributed by atoms with Gasteiger partial charge in [-0.3, -0.25) is 4.79 Å². The van der Waals surface area contributed by atoms with Crippen LogP contribution in [-0.2, 0) is 4.79 Å². The largest absolute Gasteiger partial charge is 0.306 e. The van der Waals surface area contributed by atoms with Crippen LogP contribution in [0.1, 0.15) is 6.92 Å². The van der Waals surface area contributed by atoms with Crippen LogP contribution < -0.4 is 0 Å². The highest BCUT2D eigenvalue weighted by molar-refractivity contribution is 5.91. The van der Waals surface area contributed by atoms with E-state index in [2.05, 4.69) is 6.58 Å². The molecule has 0 aliphatic carbocycles. The Kier molecular flexibility index (Phi) is 3.28. The molecule has 0 aliphatic rings. The Morgan fingerprint density at radius 2 is 2.11 bits per heavy atom. The SMILES string of the molecule is C=C(C=O)/C=C\C(C)=N. The second-order valence-electron chi connectivity index (χ2n) is 1.71. The number of hydrogen-bond donors (Lipinski definition) is 1. The van der Waals surface area contributed by atoms with Crippen molar-refractivity contribution in [2.45, 2.75) is 6.92 Å². The third-order valence-corrected chi connectivity index (χ3v) is 0.699. The summed E-state index contributed by atoms with van der Waals surface area (Å²) >= 11 is 0. The maximum atomic E-state index is 9.90. The molecule has 0 unspecified atom stereocenters. The van der Waals surface area contributed by atoms with Crippen LogP contribution in [-0.4, -0.2) is 12.0 Å². The Morgan fingerprint density at radius 1 is 1.56 bits per heavy atom. The van der Waals surface area contributed by atoms with Crippen LogP contribution in [0.25, 0.3) is 0 Å². The van der Waals surface area contributed by atoms with E-state index in [1.165, 1.54) is 12.2 Å². The predicted octanol–water partition coefficient (Wildman–Crippen LogP) is 1.34. The molecule has 0 radical (unpaired) electrons. The van der Waals surface area contributed by atoms with Crippen LogP contribution in [0.5, 0.6) is 0 Å². The standard InChI is InChI=1S/C7H9NO/c1-6(5-9)3-4-7(2)8/h3-5,8H,1H2,2H3/b4-3-,8-7?. The van der Waals surface area contributed by atoms with Crippen molar-refractivity contribution in [3.63, 3.8) is 0 Å². The second kappa shape index (κ2) is 3.78. The normalized spacial score (nSPS) is 9.44. The van der Waals surface area contributed by atoms with Gasteiger partial charge in [-0.25, -0.2) is 0 Å². The minimum atomic E-state index is 0.390. The van der Waals surface area contributed by atoms with Gasteiger partial charge < -0.3 is 5.41 Å². The fourth-order valence-electron chi connectivity index (χ4n) is 0.271. The van der Waals surface area contributed by atoms with Crippen LogP contribution >= 0.6 is 0 Å². The van der Waals surface area contributed by atoms with Crippen LogP contribution in [0.3, 0.4) is 0 Å². The van der Waals surface area contributed by atoms with Crippen molar-refractivity contribution < 1.29 is 4.79 Å². The highest BCUT2D eigenvalue weighted by Gasteiger charge is 1.80. The molecule has 0 spiro atoms. The average molecular weight is 123 g/mol. The summed E-state index contributed by atoms with van der Waals surface area (Å²) in [6.45, 7) is 5.03. The molecule has 1 N–H and O–H groups in total. The van der Waals surface area contributed by atoms with Gasteiger partial charge in [0, 0.05) is 11.3 Å². The van der Waals surface area contributed by atoms with E-state index in [0.29, 0.717) is 17.6 Å². The van der Waals surface area contributed by atoms with Gasteiger partial charge in [-0.2, -0.15) is 0 Å². The first kappa shape index (κ1) is 7.82. The lowest BCUT2D eigenvalue weighted by molar-refractivity contribution is -0.104. The van der Waals surface area contributed by atoms with Gasteiger partial charge >= 0.3 is 0 Å². The zero-order chi connectivity index (χ0) is 7.28. The van der Waals surface area contributed by atoms with Gasteiger partial charge in [-0.15, -0.1) is 0 Å². The lowest BCUT2D eigenvalue weighted by atomic mass is 10.3. The van der Waals surface area contributed by atoms with Crippen LogP contribution in [0.2, 0.25) is 0 Å². The Balaban J connectivity index is 3.85. The van der Waals surface area contributed by atoms with Gasteiger partial charge in [-0.05, 0) is 13.0 Å². The molecule has 0 bridgehead atoms. The first-order valence-corrected chi connectivity index (χ1v) is 2.54. The van der Waals surface area contributed by atoms with Gasteiger partial charge in [-0.1, -0.05) is 12.7 Å². The van der Waals surface area contributed by atoms with Gasteiger partial charge in [0.25, 0.3) is 0 Å². The molecule has 48 valence electrons. The van der Waals surface area contributed by atoms with Crippen molar-refractivity contribution in [2.75, 3.05) is 0 Å². The molecule has 2 nitrogen and oxygen atoms in total. The molecule has 0 aromatic rings. The molecule has 0 rings (SSSR count). The van der Waals surface area contributed by atoms with Gasteiger partial charge in [0.05, 0.1) is 0 Å². The summed E-state index contributed by atoms with van der Waals surface area (Å²) in [7, 11) is 0. The number of carbonyl (C=O) groups is 1. The van der Waals surface area contributed by atoms with Crippen molar-refractivity contribution in [3.8, 4) is 0 Å². The van der Waals surface area contributed by atoms with Gasteiger partial charge in [0.2, 0.25) is 0 Å². The highest BCUT2D eigenvalue weighted by Crippen LogP contribution is 1.86. The summed E-state index contributed by atoms with van der Waals surface area (Å²) in [4.78, 5) is 9.90. The van der Waals surface area contributed by atoms with Crippen LogP contribution in [0.4, 0.5) is 0 Å². The Hall–Kier alpha value is -1.18. The quantitative estimate of drug-likeness (QED) is 0.261. The highest BCUT2D eigenvalue weighted by atomic mass is 16.1. The molecule has 0 saturated heterocycles. The van der Waals surface area contributed by atoms with Crippen molar-refractivity contribution in [3.05, 3.63) is 24.3 Å². The molecule has 0 aromatic carbocycles. The van der Waals surface area contributed by atoms with Crippen molar-refractivity contribution >= 4 is 12.0 Å². The lowest BCUT2D eigenvalue weighted by Crippen LogP contribution is -1.80. The molecule has 0 saturated carbocycles. The van der Waals surface area contributed by atoms with E-state index >= 15 is 0 Å². The maximum absolute atomic E-state index is 9.90. The zero-order valence-corrected chi connectivity index (χ0v) is 5.35. The molecule has 0 heterocycles. The molecule has 2 heteroatoms. The molecule has 0 atom stereocenters. The van der Waals surface area contributed by atoms with E-state index in [4.69, 9.17) is 5.41 Å². The van der Waals surface area contributed by atoms with Gasteiger partial charge in [0.15, 0.2) is 0 Å². The molecular weight excluding hydrogens is 114 g/mol. The number of hydrogen-bond acceptors (Lipinski definition) is 2. The summed E-state index contributed by atoms with van der Waals surface area (Å²) in [6.07, 6.45) is 3.69. The van der Waals surface area contributed by atoms with E-state index in [1.54, 1.807) is 6.92 Å². The third kappa shape index (κ3) is 4.68. The number of allylic oxidation sites excluding steroid dienone is 3. The zero-order valence-electron chi connectivity index (χ0n) is 5.35. The number of aldehydes is 1. The Morgan fingerprint density at radius 3 is 2.44 bits per heavy atom. The molecule has 0 amide bonds. The van der Waals surface area contributed by atoms with E-state index in [-0.39, 0.29) is 0 Å². The molecule has 0 aliphatic heterocycles. The summed E-state index contributed by atoms with van der Waals surface area (Å²) in [5.41, 5.74) is 0.805. The molecule has 0 aromatic heterocycles. The van der Waals surface area contributed by atoms with Crippen molar-refractivity contribution in [2.24, 2.45) is 0 Å². The summed E-state index contributed by atoms with van der Waals surface area (Å²) in [5, 5.41) is 6.92. The van der Waals surface area contributed by atoms with E-state index in [1.807, 2.05) is 0 Å². The fraction of sp³-hybridized carbons (Fsp3) is 0.143. The van der Waals surface area contributed by atoms with Crippen LogP contribution in [0, 0.1) is 5.41 Å². The Labute approximate surface area is 54.4 Å². The minimum absolute atomic E-state index is 0.390. The van der Waals surface area contributed by atoms with E-state index in [0.717, 1.165) is 0 Å². The number of nitrogens with one attached hydrogen (secondary N) is 1. The fourth-order valence-corrected chi connectivity index (χ4v) is 0.271. The minimum Gasteiger partial charge on any atom is -0.306 e. The smallest absolute Gasteiger partial charge is 0.149 e. The molecule has 9 heavy (non-hydrogen) atoms. The van der Waals surface area contributed by atoms with Crippen molar-refractivity contribution in [1.82, 2.24) is 0 Å². The predicted molar refractivity (Wildman–Crippen MR) is 37.7 cm³/mol. The Bertz CT molecular complexity index is 168. The summed E-state index contributed by atoms with van der Waals surface area (Å²) in [5.74, 6) is 0. The molecule has 0 fully saturated rings.